The van der Waals surface area contributed by atoms with Crippen molar-refractivity contribution in [1.82, 2.24) is 0 Å². The third kappa shape index (κ3) is 2.13. The van der Waals surface area contributed by atoms with Crippen LogP contribution in [0.1, 0.15) is 44.9 Å². The molecule has 0 amide bonds. The number of hydrogen-bond donors (Lipinski definition) is 0. The van der Waals surface area contributed by atoms with Crippen LogP contribution in [0.2, 0.25) is 0 Å². The highest BCUT2D eigenvalue weighted by atomic mass is 32.1. The van der Waals surface area contributed by atoms with E-state index in [2.05, 4.69) is 30.3 Å². The summed E-state index contributed by atoms with van der Waals surface area (Å²) in [4.78, 5) is 13.6. The second-order valence-corrected chi connectivity index (χ2v) is 6.08. The lowest BCUT2D eigenvalue weighted by molar-refractivity contribution is 0.102. The van der Waals surface area contributed by atoms with Crippen LogP contribution in [0.5, 0.6) is 0 Å². The number of benzene rings is 1. The van der Waals surface area contributed by atoms with Crippen LogP contribution >= 0.6 is 11.3 Å². The number of hydrogen-bond acceptors (Lipinski definition) is 2. The normalized spacial score (nSPS) is 18.4. The Morgan fingerprint density at radius 3 is 2.67 bits per heavy atom. The van der Waals surface area contributed by atoms with E-state index in [0.717, 1.165) is 17.7 Å². The zero-order valence-corrected chi connectivity index (χ0v) is 11.3. The quantitative estimate of drug-likeness (QED) is 0.735. The van der Waals surface area contributed by atoms with Crippen molar-refractivity contribution < 1.29 is 4.79 Å². The first-order valence-electron chi connectivity index (χ1n) is 6.41. The molecule has 2 aromatic rings. The molecule has 2 heteroatoms. The van der Waals surface area contributed by atoms with Crippen LogP contribution in [-0.2, 0) is 12.8 Å². The lowest BCUT2D eigenvalue weighted by atomic mass is 9.83. The van der Waals surface area contributed by atoms with Crippen LogP contribution < -0.4 is 0 Å². The van der Waals surface area contributed by atoms with Gasteiger partial charge in [0.05, 0.1) is 4.88 Å². The molecule has 0 fully saturated rings. The predicted octanol–water partition coefficient (Wildman–Crippen LogP) is 4.22. The maximum Gasteiger partial charge on any atom is 0.169 e. The molecule has 1 aliphatic rings. The van der Waals surface area contributed by atoms with Crippen LogP contribution in [-0.4, -0.2) is 5.78 Å². The zero-order valence-electron chi connectivity index (χ0n) is 10.5. The SMILES string of the molecule is CC(=O)c1ccc(C2CCc3ccccc3C2)s1. The summed E-state index contributed by atoms with van der Waals surface area (Å²) >= 11 is 1.67. The van der Waals surface area contributed by atoms with Crippen molar-refractivity contribution in [3.05, 3.63) is 57.3 Å². The summed E-state index contributed by atoms with van der Waals surface area (Å²) in [6, 6.07) is 12.8. The molecule has 0 spiro atoms. The Labute approximate surface area is 111 Å². The molecule has 1 nitrogen and oxygen atoms in total. The molecule has 0 bridgehead atoms. The van der Waals surface area contributed by atoms with E-state index in [9.17, 15) is 4.79 Å². The standard InChI is InChI=1S/C16H16OS/c1-11(17)15-8-9-16(18-15)14-7-6-12-4-2-3-5-13(12)10-14/h2-5,8-9,14H,6-7,10H2,1H3. The van der Waals surface area contributed by atoms with Gasteiger partial charge in [-0.15, -0.1) is 11.3 Å². The molecule has 1 aromatic heterocycles. The highest BCUT2D eigenvalue weighted by Gasteiger charge is 2.21. The summed E-state index contributed by atoms with van der Waals surface area (Å²) in [5, 5.41) is 0. The van der Waals surface area contributed by atoms with Gasteiger partial charge in [-0.1, -0.05) is 24.3 Å². The number of rotatable bonds is 2. The molecule has 0 radical (unpaired) electrons. The van der Waals surface area contributed by atoms with E-state index in [1.54, 1.807) is 18.3 Å². The topological polar surface area (TPSA) is 17.1 Å². The van der Waals surface area contributed by atoms with E-state index in [1.165, 1.54) is 22.4 Å². The van der Waals surface area contributed by atoms with Gasteiger partial charge in [0.15, 0.2) is 5.78 Å². The van der Waals surface area contributed by atoms with Gasteiger partial charge in [-0.05, 0) is 55.4 Å². The van der Waals surface area contributed by atoms with Crippen molar-refractivity contribution in [3.63, 3.8) is 0 Å². The molecular formula is C16H16OS. The van der Waals surface area contributed by atoms with Gasteiger partial charge in [0.2, 0.25) is 0 Å². The van der Waals surface area contributed by atoms with Crippen LogP contribution in [0.4, 0.5) is 0 Å². The Kier molecular flexibility index (Phi) is 3.04. The first-order chi connectivity index (χ1) is 8.74. The largest absolute Gasteiger partial charge is 0.294 e. The Morgan fingerprint density at radius 1 is 1.17 bits per heavy atom. The summed E-state index contributed by atoms with van der Waals surface area (Å²) in [6.07, 6.45) is 3.48. The smallest absolute Gasteiger partial charge is 0.169 e. The highest BCUT2D eigenvalue weighted by Crippen LogP contribution is 2.35. The maximum atomic E-state index is 11.4. The lowest BCUT2D eigenvalue weighted by Gasteiger charge is -2.23. The Morgan fingerprint density at radius 2 is 1.94 bits per heavy atom. The van der Waals surface area contributed by atoms with Gasteiger partial charge in [-0.3, -0.25) is 4.79 Å². The number of fused-ring (bicyclic) bond motifs is 1. The molecule has 0 N–H and O–H groups in total. The molecule has 1 heterocycles. The fraction of sp³-hybridized carbons (Fsp3) is 0.312. The minimum absolute atomic E-state index is 0.183. The molecule has 0 saturated carbocycles. The van der Waals surface area contributed by atoms with E-state index < -0.39 is 0 Å². The fourth-order valence-electron chi connectivity index (χ4n) is 2.70. The van der Waals surface area contributed by atoms with Crippen LogP contribution in [0, 0.1) is 0 Å². The molecule has 0 aliphatic heterocycles. The molecule has 1 unspecified atom stereocenters. The van der Waals surface area contributed by atoms with Crippen LogP contribution in [0.25, 0.3) is 0 Å². The molecule has 1 atom stereocenters. The summed E-state index contributed by atoms with van der Waals surface area (Å²) in [5.41, 5.74) is 2.98. The van der Waals surface area contributed by atoms with Gasteiger partial charge >= 0.3 is 0 Å². The number of aryl methyl sites for hydroxylation is 1. The number of carbonyl (C=O) groups excluding carboxylic acids is 1. The molecular weight excluding hydrogens is 240 g/mol. The van der Waals surface area contributed by atoms with Crippen LogP contribution in [0.3, 0.4) is 0 Å². The molecule has 3 rings (SSSR count). The van der Waals surface area contributed by atoms with E-state index in [-0.39, 0.29) is 5.78 Å². The summed E-state index contributed by atoms with van der Waals surface area (Å²) in [6.45, 7) is 1.64. The van der Waals surface area contributed by atoms with Crippen LogP contribution in [0.15, 0.2) is 36.4 Å². The van der Waals surface area contributed by atoms with Crippen molar-refractivity contribution in [2.75, 3.05) is 0 Å². The van der Waals surface area contributed by atoms with Crippen molar-refractivity contribution in [2.45, 2.75) is 32.1 Å². The first-order valence-corrected chi connectivity index (χ1v) is 7.23. The molecule has 18 heavy (non-hydrogen) atoms. The van der Waals surface area contributed by atoms with Crippen molar-refractivity contribution in [1.29, 1.82) is 0 Å². The maximum absolute atomic E-state index is 11.4. The van der Waals surface area contributed by atoms with E-state index >= 15 is 0 Å². The first kappa shape index (κ1) is 11.7. The average Bonchev–Trinajstić information content (AvgIpc) is 2.88. The fourth-order valence-corrected chi connectivity index (χ4v) is 3.74. The van der Waals surface area contributed by atoms with E-state index in [4.69, 9.17) is 0 Å². The van der Waals surface area contributed by atoms with E-state index in [1.807, 2.05) is 6.07 Å². The second kappa shape index (κ2) is 4.69. The minimum atomic E-state index is 0.183. The minimum Gasteiger partial charge on any atom is -0.294 e. The monoisotopic (exact) mass is 256 g/mol. The molecule has 0 saturated heterocycles. The summed E-state index contributed by atoms with van der Waals surface area (Å²) < 4.78 is 0. The predicted molar refractivity (Wildman–Crippen MR) is 75.5 cm³/mol. The Hall–Kier alpha value is -1.41. The van der Waals surface area contributed by atoms with Gasteiger partial charge in [0, 0.05) is 4.88 Å². The highest BCUT2D eigenvalue weighted by molar-refractivity contribution is 7.14. The van der Waals surface area contributed by atoms with Gasteiger partial charge in [0.25, 0.3) is 0 Å². The second-order valence-electron chi connectivity index (χ2n) is 4.97. The van der Waals surface area contributed by atoms with Gasteiger partial charge in [-0.2, -0.15) is 0 Å². The number of ketones is 1. The zero-order chi connectivity index (χ0) is 12.5. The third-order valence-electron chi connectivity index (χ3n) is 3.72. The number of carbonyl (C=O) groups is 1. The average molecular weight is 256 g/mol. The van der Waals surface area contributed by atoms with Crippen molar-refractivity contribution >= 4 is 17.1 Å². The molecule has 1 aromatic carbocycles. The van der Waals surface area contributed by atoms with Gasteiger partial charge < -0.3 is 0 Å². The summed E-state index contributed by atoms with van der Waals surface area (Å²) in [7, 11) is 0. The third-order valence-corrected chi connectivity index (χ3v) is 5.07. The Bertz CT molecular complexity index is 582. The summed E-state index contributed by atoms with van der Waals surface area (Å²) in [5.74, 6) is 0.778. The van der Waals surface area contributed by atoms with Gasteiger partial charge in [0.1, 0.15) is 0 Å². The lowest BCUT2D eigenvalue weighted by Crippen LogP contribution is -2.11. The number of Topliss-reactive ketones (excluding diaryl/α,β-unsaturated/α-hetero) is 1. The molecule has 1 aliphatic carbocycles. The number of thiophene rings is 1. The molecule has 92 valence electrons. The van der Waals surface area contributed by atoms with Crippen molar-refractivity contribution in [3.8, 4) is 0 Å². The van der Waals surface area contributed by atoms with E-state index in [0.29, 0.717) is 5.92 Å². The van der Waals surface area contributed by atoms with Gasteiger partial charge in [-0.25, -0.2) is 0 Å². The Balaban J connectivity index is 1.85. The van der Waals surface area contributed by atoms with Crippen molar-refractivity contribution in [2.24, 2.45) is 0 Å².